The molecular formula is C15H25N3. The molecule has 1 aromatic heterocycles. The lowest BCUT2D eigenvalue weighted by Crippen LogP contribution is -2.40. The highest BCUT2D eigenvalue weighted by Crippen LogP contribution is 2.31. The maximum Gasteiger partial charge on any atom is 0.0491 e. The molecule has 0 radical (unpaired) electrons. The average Bonchev–Trinajstić information content (AvgIpc) is 2.90. The Morgan fingerprint density at radius 2 is 2.17 bits per heavy atom. The van der Waals surface area contributed by atoms with Gasteiger partial charge in [-0.2, -0.15) is 0 Å². The molecule has 100 valence electrons. The van der Waals surface area contributed by atoms with Crippen molar-refractivity contribution in [3.05, 3.63) is 29.6 Å². The number of hydrogen-bond donors (Lipinski definition) is 1. The molecule has 1 atom stereocenters. The summed E-state index contributed by atoms with van der Waals surface area (Å²) in [7, 11) is 0. The number of nitrogens with zero attached hydrogens (tertiary/aromatic N) is 2. The summed E-state index contributed by atoms with van der Waals surface area (Å²) in [6.07, 6.45) is 9.23. The first-order valence-corrected chi connectivity index (χ1v) is 7.14. The number of pyridine rings is 1. The average molecular weight is 247 g/mol. The molecule has 0 bridgehead atoms. The van der Waals surface area contributed by atoms with Crippen molar-refractivity contribution in [1.82, 2.24) is 9.88 Å². The summed E-state index contributed by atoms with van der Waals surface area (Å²) < 4.78 is 0. The second-order valence-electron chi connectivity index (χ2n) is 5.25. The third-order valence-corrected chi connectivity index (χ3v) is 4.22. The summed E-state index contributed by atoms with van der Waals surface area (Å²) in [6.45, 7) is 6.15. The number of likely N-dealkylation sites (N-methyl/N-ethyl adjacent to an activating group) is 1. The molecule has 1 fully saturated rings. The predicted octanol–water partition coefficient (Wildman–Crippen LogP) is 2.65. The van der Waals surface area contributed by atoms with E-state index in [-0.39, 0.29) is 0 Å². The van der Waals surface area contributed by atoms with E-state index in [9.17, 15) is 0 Å². The Morgan fingerprint density at radius 1 is 1.44 bits per heavy atom. The van der Waals surface area contributed by atoms with E-state index in [2.05, 4.69) is 29.8 Å². The van der Waals surface area contributed by atoms with Crippen molar-refractivity contribution in [1.29, 1.82) is 0 Å². The van der Waals surface area contributed by atoms with Gasteiger partial charge in [-0.1, -0.05) is 19.8 Å². The van der Waals surface area contributed by atoms with Gasteiger partial charge in [0.1, 0.15) is 0 Å². The molecule has 1 aliphatic carbocycles. The van der Waals surface area contributed by atoms with Gasteiger partial charge in [0.05, 0.1) is 0 Å². The van der Waals surface area contributed by atoms with Gasteiger partial charge in [-0.3, -0.25) is 9.88 Å². The van der Waals surface area contributed by atoms with Crippen molar-refractivity contribution < 1.29 is 0 Å². The van der Waals surface area contributed by atoms with Crippen LogP contribution in [0.1, 0.15) is 49.8 Å². The number of nitrogens with two attached hydrogens (primary N) is 1. The Morgan fingerprint density at radius 3 is 2.72 bits per heavy atom. The second kappa shape index (κ2) is 6.30. The van der Waals surface area contributed by atoms with Crippen molar-refractivity contribution in [3.63, 3.8) is 0 Å². The zero-order valence-corrected chi connectivity index (χ0v) is 11.6. The molecule has 1 heterocycles. The van der Waals surface area contributed by atoms with Crippen LogP contribution in [0.4, 0.5) is 0 Å². The Labute approximate surface area is 110 Å². The quantitative estimate of drug-likeness (QED) is 0.869. The maximum absolute atomic E-state index is 6.05. The molecule has 0 saturated heterocycles. The molecule has 2 rings (SSSR count). The minimum Gasteiger partial charge on any atom is -0.329 e. The van der Waals surface area contributed by atoms with Crippen molar-refractivity contribution in [2.45, 2.75) is 51.6 Å². The summed E-state index contributed by atoms with van der Waals surface area (Å²) in [5.74, 6) is 0. The lowest BCUT2D eigenvalue weighted by Gasteiger charge is -2.35. The third-order valence-electron chi connectivity index (χ3n) is 4.22. The summed E-state index contributed by atoms with van der Waals surface area (Å²) in [4.78, 5) is 6.86. The molecule has 2 N–H and O–H groups in total. The van der Waals surface area contributed by atoms with E-state index in [1.807, 2.05) is 12.4 Å². The van der Waals surface area contributed by atoms with Gasteiger partial charge in [0.15, 0.2) is 0 Å². The molecule has 3 nitrogen and oxygen atoms in total. The van der Waals surface area contributed by atoms with E-state index >= 15 is 0 Å². The van der Waals surface area contributed by atoms with Crippen LogP contribution in [-0.2, 0) is 0 Å². The van der Waals surface area contributed by atoms with Crippen LogP contribution >= 0.6 is 0 Å². The Hall–Kier alpha value is -0.930. The lowest BCUT2D eigenvalue weighted by atomic mass is 10.00. The maximum atomic E-state index is 6.05. The fraction of sp³-hybridized carbons (Fsp3) is 0.667. The largest absolute Gasteiger partial charge is 0.329 e. The zero-order chi connectivity index (χ0) is 13.0. The first-order chi connectivity index (χ1) is 8.77. The molecule has 1 aromatic rings. The smallest absolute Gasteiger partial charge is 0.0491 e. The summed E-state index contributed by atoms with van der Waals surface area (Å²) in [5.41, 5.74) is 8.65. The summed E-state index contributed by atoms with van der Waals surface area (Å²) in [6, 6.07) is 3.12. The SMILES string of the molecule is CCN(C1CCCC1)C(CN)c1cnccc1C. The van der Waals surface area contributed by atoms with Crippen molar-refractivity contribution in [2.24, 2.45) is 5.73 Å². The normalized spacial score (nSPS) is 18.4. The van der Waals surface area contributed by atoms with E-state index in [0.29, 0.717) is 18.6 Å². The molecule has 1 aliphatic rings. The molecule has 3 heteroatoms. The fourth-order valence-electron chi connectivity index (χ4n) is 3.24. The van der Waals surface area contributed by atoms with E-state index in [0.717, 1.165) is 6.54 Å². The van der Waals surface area contributed by atoms with Crippen molar-refractivity contribution in [2.75, 3.05) is 13.1 Å². The highest BCUT2D eigenvalue weighted by Gasteiger charge is 2.28. The zero-order valence-electron chi connectivity index (χ0n) is 11.6. The van der Waals surface area contributed by atoms with E-state index in [4.69, 9.17) is 5.73 Å². The van der Waals surface area contributed by atoms with Crippen molar-refractivity contribution in [3.8, 4) is 0 Å². The molecule has 0 spiro atoms. The van der Waals surface area contributed by atoms with Gasteiger partial charge in [-0.15, -0.1) is 0 Å². The third kappa shape index (κ3) is 2.73. The van der Waals surface area contributed by atoms with Crippen LogP contribution in [0.25, 0.3) is 0 Å². The van der Waals surface area contributed by atoms with Crippen LogP contribution < -0.4 is 5.73 Å². The molecule has 1 unspecified atom stereocenters. The van der Waals surface area contributed by atoms with Crippen LogP contribution in [0.15, 0.2) is 18.5 Å². The highest BCUT2D eigenvalue weighted by molar-refractivity contribution is 5.25. The monoisotopic (exact) mass is 247 g/mol. The number of aryl methyl sites for hydroxylation is 1. The highest BCUT2D eigenvalue weighted by atomic mass is 15.2. The van der Waals surface area contributed by atoms with Crippen LogP contribution in [0.3, 0.4) is 0 Å². The van der Waals surface area contributed by atoms with Crippen LogP contribution in [0.5, 0.6) is 0 Å². The van der Waals surface area contributed by atoms with Crippen LogP contribution in [-0.4, -0.2) is 29.0 Å². The van der Waals surface area contributed by atoms with E-state index < -0.39 is 0 Å². The second-order valence-corrected chi connectivity index (χ2v) is 5.25. The van der Waals surface area contributed by atoms with Gasteiger partial charge in [-0.05, 0) is 43.5 Å². The van der Waals surface area contributed by atoms with E-state index in [1.54, 1.807) is 0 Å². The Balaban J connectivity index is 2.23. The van der Waals surface area contributed by atoms with Crippen LogP contribution in [0, 0.1) is 6.92 Å². The van der Waals surface area contributed by atoms with Crippen molar-refractivity contribution >= 4 is 0 Å². The molecule has 1 saturated carbocycles. The molecule has 0 aliphatic heterocycles. The standard InChI is InChI=1S/C15H25N3/c1-3-18(13-6-4-5-7-13)15(10-16)14-11-17-9-8-12(14)2/h8-9,11,13,15H,3-7,10,16H2,1-2H3. The van der Waals surface area contributed by atoms with Gasteiger partial charge in [-0.25, -0.2) is 0 Å². The summed E-state index contributed by atoms with van der Waals surface area (Å²) in [5, 5.41) is 0. The topological polar surface area (TPSA) is 42.1 Å². The first kappa shape index (κ1) is 13.5. The first-order valence-electron chi connectivity index (χ1n) is 7.14. The lowest BCUT2D eigenvalue weighted by molar-refractivity contribution is 0.146. The Kier molecular flexibility index (Phi) is 4.72. The van der Waals surface area contributed by atoms with Gasteiger partial charge < -0.3 is 5.73 Å². The number of hydrogen-bond acceptors (Lipinski definition) is 3. The molecular weight excluding hydrogens is 222 g/mol. The molecule has 0 amide bonds. The minimum absolute atomic E-state index is 0.326. The van der Waals surface area contributed by atoms with E-state index in [1.165, 1.54) is 36.8 Å². The van der Waals surface area contributed by atoms with Gasteiger partial charge >= 0.3 is 0 Å². The van der Waals surface area contributed by atoms with Gasteiger partial charge in [0, 0.05) is 31.0 Å². The summed E-state index contributed by atoms with van der Waals surface area (Å²) >= 11 is 0. The number of aromatic nitrogens is 1. The van der Waals surface area contributed by atoms with Crippen LogP contribution in [0.2, 0.25) is 0 Å². The minimum atomic E-state index is 0.326. The molecule has 0 aromatic carbocycles. The van der Waals surface area contributed by atoms with Gasteiger partial charge in [0.25, 0.3) is 0 Å². The number of rotatable bonds is 5. The molecule has 18 heavy (non-hydrogen) atoms. The predicted molar refractivity (Wildman–Crippen MR) is 75.4 cm³/mol. The van der Waals surface area contributed by atoms with Gasteiger partial charge in [0.2, 0.25) is 0 Å². The fourth-order valence-corrected chi connectivity index (χ4v) is 3.24. The Bertz CT molecular complexity index is 372.